The molecule has 5 rings (SSSR count). The number of aromatic nitrogens is 4. The number of piperidine rings is 1. The molecule has 27 heavy (non-hydrogen) atoms. The highest BCUT2D eigenvalue weighted by molar-refractivity contribution is 7.16. The third-order valence-electron chi connectivity index (χ3n) is 5.25. The zero-order chi connectivity index (χ0) is 18.2. The fourth-order valence-electron chi connectivity index (χ4n) is 3.80. The van der Waals surface area contributed by atoms with Crippen LogP contribution in [0.2, 0.25) is 0 Å². The molecule has 140 valence electrons. The molecule has 2 aliphatic heterocycles. The van der Waals surface area contributed by atoms with E-state index in [9.17, 15) is 4.79 Å². The number of furan rings is 1. The van der Waals surface area contributed by atoms with E-state index in [1.54, 1.807) is 12.5 Å². The molecule has 8 nitrogen and oxygen atoms in total. The van der Waals surface area contributed by atoms with Crippen molar-refractivity contribution in [2.45, 2.75) is 31.8 Å². The van der Waals surface area contributed by atoms with Crippen molar-refractivity contribution in [1.82, 2.24) is 30.0 Å². The Morgan fingerprint density at radius 1 is 1.26 bits per heavy atom. The number of fused-ring (bicyclic) bond motifs is 1. The predicted octanol–water partition coefficient (Wildman–Crippen LogP) is 2.12. The van der Waals surface area contributed by atoms with Crippen molar-refractivity contribution in [2.24, 2.45) is 0 Å². The Labute approximate surface area is 160 Å². The summed E-state index contributed by atoms with van der Waals surface area (Å²) in [6, 6.07) is 3.68. The number of nitrogens with zero attached hydrogens (tertiary/aromatic N) is 5. The second-order valence-corrected chi connectivity index (χ2v) is 7.91. The molecule has 1 amide bonds. The molecule has 0 spiro atoms. The third-order valence-corrected chi connectivity index (χ3v) is 6.25. The summed E-state index contributed by atoms with van der Waals surface area (Å²) in [5.41, 5.74) is 0. The van der Waals surface area contributed by atoms with Crippen molar-refractivity contribution >= 4 is 17.2 Å². The van der Waals surface area contributed by atoms with Crippen molar-refractivity contribution < 1.29 is 9.21 Å². The van der Waals surface area contributed by atoms with Crippen LogP contribution < -0.4 is 5.32 Å². The van der Waals surface area contributed by atoms with E-state index in [1.165, 1.54) is 11.3 Å². The van der Waals surface area contributed by atoms with Crippen LogP contribution in [-0.2, 0) is 13.1 Å². The molecular weight excluding hydrogens is 364 g/mol. The lowest BCUT2D eigenvalue weighted by Gasteiger charge is -2.31. The average Bonchev–Trinajstić information content (AvgIpc) is 3.47. The molecule has 1 saturated heterocycles. The van der Waals surface area contributed by atoms with Gasteiger partial charge in [0.15, 0.2) is 10.8 Å². The molecule has 0 aliphatic carbocycles. The van der Waals surface area contributed by atoms with Crippen molar-refractivity contribution in [3.8, 4) is 10.8 Å². The predicted molar refractivity (Wildman–Crippen MR) is 99.4 cm³/mol. The molecule has 0 bridgehead atoms. The standard InChI is InChI=1S/C18H20N6O2S/c25-18(14-10-20-17(27-14)13-2-1-9-26-13)23-6-3-12(4-7-23)16-22-21-15-11-19-5-8-24(15)16/h1-2,9-10,12,19H,3-8,11H2. The molecule has 2 aliphatic rings. The van der Waals surface area contributed by atoms with Crippen LogP contribution in [0.4, 0.5) is 0 Å². The number of carbonyl (C=O) groups is 1. The van der Waals surface area contributed by atoms with Crippen molar-refractivity contribution in [1.29, 1.82) is 0 Å². The van der Waals surface area contributed by atoms with Gasteiger partial charge in [-0.3, -0.25) is 4.79 Å². The fourth-order valence-corrected chi connectivity index (χ4v) is 4.65. The van der Waals surface area contributed by atoms with Crippen LogP contribution in [0, 0.1) is 0 Å². The lowest BCUT2D eigenvalue weighted by atomic mass is 9.95. The van der Waals surface area contributed by atoms with Gasteiger partial charge in [-0.1, -0.05) is 0 Å². The van der Waals surface area contributed by atoms with Gasteiger partial charge in [-0.2, -0.15) is 0 Å². The summed E-state index contributed by atoms with van der Waals surface area (Å²) in [6.45, 7) is 4.13. The summed E-state index contributed by atoms with van der Waals surface area (Å²) < 4.78 is 7.61. The van der Waals surface area contributed by atoms with Crippen LogP contribution >= 0.6 is 11.3 Å². The Morgan fingerprint density at radius 2 is 2.15 bits per heavy atom. The summed E-state index contributed by atoms with van der Waals surface area (Å²) in [5.74, 6) is 3.22. The summed E-state index contributed by atoms with van der Waals surface area (Å²) >= 11 is 1.38. The number of hydrogen-bond donors (Lipinski definition) is 1. The van der Waals surface area contributed by atoms with Crippen LogP contribution in [0.3, 0.4) is 0 Å². The first-order valence-electron chi connectivity index (χ1n) is 9.21. The number of likely N-dealkylation sites (tertiary alicyclic amines) is 1. The van der Waals surface area contributed by atoms with E-state index in [0.717, 1.165) is 62.2 Å². The maximum absolute atomic E-state index is 12.8. The quantitative estimate of drug-likeness (QED) is 0.744. The van der Waals surface area contributed by atoms with Crippen LogP contribution in [0.1, 0.15) is 40.1 Å². The van der Waals surface area contributed by atoms with E-state index in [4.69, 9.17) is 4.42 Å². The second kappa shape index (κ2) is 6.90. The first kappa shape index (κ1) is 16.6. The third kappa shape index (κ3) is 3.06. The number of rotatable bonds is 3. The maximum atomic E-state index is 12.8. The minimum atomic E-state index is 0.0521. The van der Waals surface area contributed by atoms with E-state index in [0.29, 0.717) is 16.6 Å². The normalized spacial score (nSPS) is 17.9. The molecule has 0 unspecified atom stereocenters. The molecule has 1 fully saturated rings. The zero-order valence-corrected chi connectivity index (χ0v) is 15.6. The summed E-state index contributed by atoms with van der Waals surface area (Å²) in [4.78, 5) is 19.7. The molecule has 3 aromatic heterocycles. The Kier molecular flexibility index (Phi) is 4.25. The Bertz CT molecular complexity index is 939. The number of nitrogens with one attached hydrogen (secondary N) is 1. The first-order chi connectivity index (χ1) is 13.3. The van der Waals surface area contributed by atoms with Crippen molar-refractivity contribution in [3.05, 3.63) is 41.1 Å². The SMILES string of the molecule is O=C(c1cnc(-c2ccco2)s1)N1CCC(c2nnc3n2CCNC3)CC1. The van der Waals surface area contributed by atoms with Crippen molar-refractivity contribution in [3.63, 3.8) is 0 Å². The molecule has 0 aromatic carbocycles. The highest BCUT2D eigenvalue weighted by atomic mass is 32.1. The van der Waals surface area contributed by atoms with Gasteiger partial charge in [0, 0.05) is 32.1 Å². The van der Waals surface area contributed by atoms with E-state index >= 15 is 0 Å². The van der Waals surface area contributed by atoms with Crippen LogP contribution in [0.15, 0.2) is 29.0 Å². The fraction of sp³-hybridized carbons (Fsp3) is 0.444. The zero-order valence-electron chi connectivity index (χ0n) is 14.8. The number of hydrogen-bond acceptors (Lipinski definition) is 7. The van der Waals surface area contributed by atoms with Crippen LogP contribution in [0.5, 0.6) is 0 Å². The minimum Gasteiger partial charge on any atom is -0.462 e. The smallest absolute Gasteiger partial charge is 0.265 e. The van der Waals surface area contributed by atoms with E-state index in [2.05, 4.69) is 25.1 Å². The largest absolute Gasteiger partial charge is 0.462 e. The summed E-state index contributed by atoms with van der Waals surface area (Å²) in [7, 11) is 0. The molecule has 0 atom stereocenters. The first-order valence-corrected chi connectivity index (χ1v) is 10.0. The molecule has 0 radical (unpaired) electrons. The van der Waals surface area contributed by atoms with Gasteiger partial charge in [-0.05, 0) is 25.0 Å². The lowest BCUT2D eigenvalue weighted by Crippen LogP contribution is -2.38. The second-order valence-electron chi connectivity index (χ2n) is 6.88. The van der Waals surface area contributed by atoms with E-state index < -0.39 is 0 Å². The summed E-state index contributed by atoms with van der Waals surface area (Å²) in [6.07, 6.45) is 5.10. The molecule has 9 heteroatoms. The number of thiazole rings is 1. The monoisotopic (exact) mass is 384 g/mol. The number of amides is 1. The van der Waals surface area contributed by atoms with Gasteiger partial charge in [0.05, 0.1) is 19.0 Å². The van der Waals surface area contributed by atoms with Crippen LogP contribution in [0.25, 0.3) is 10.8 Å². The van der Waals surface area contributed by atoms with E-state index in [-0.39, 0.29) is 5.91 Å². The maximum Gasteiger partial charge on any atom is 0.265 e. The Hall–Kier alpha value is -2.52. The molecule has 0 saturated carbocycles. The van der Waals surface area contributed by atoms with Gasteiger partial charge in [0.1, 0.15) is 16.5 Å². The molecule has 3 aromatic rings. The summed E-state index contributed by atoms with van der Waals surface area (Å²) in [5, 5.41) is 12.8. The average molecular weight is 384 g/mol. The van der Waals surface area contributed by atoms with Gasteiger partial charge in [0.25, 0.3) is 5.91 Å². The van der Waals surface area contributed by atoms with Crippen molar-refractivity contribution in [2.75, 3.05) is 19.6 Å². The van der Waals surface area contributed by atoms with Gasteiger partial charge >= 0.3 is 0 Å². The molecular formula is C18H20N6O2S. The van der Waals surface area contributed by atoms with Gasteiger partial charge < -0.3 is 19.2 Å². The molecule has 1 N–H and O–H groups in total. The highest BCUT2D eigenvalue weighted by Gasteiger charge is 2.29. The van der Waals surface area contributed by atoms with E-state index in [1.807, 2.05) is 17.0 Å². The molecule has 5 heterocycles. The highest BCUT2D eigenvalue weighted by Crippen LogP contribution is 2.30. The minimum absolute atomic E-state index is 0.0521. The lowest BCUT2D eigenvalue weighted by molar-refractivity contribution is 0.0714. The van der Waals surface area contributed by atoms with Gasteiger partial charge in [0.2, 0.25) is 0 Å². The number of carbonyl (C=O) groups excluding carboxylic acids is 1. The Morgan fingerprint density at radius 3 is 2.96 bits per heavy atom. The van der Waals surface area contributed by atoms with Gasteiger partial charge in [-0.15, -0.1) is 21.5 Å². The Balaban J connectivity index is 1.25. The van der Waals surface area contributed by atoms with Gasteiger partial charge in [-0.25, -0.2) is 4.98 Å². The topological polar surface area (TPSA) is 89.1 Å². The van der Waals surface area contributed by atoms with Crippen LogP contribution in [-0.4, -0.2) is 50.2 Å².